The molecule has 26 heavy (non-hydrogen) atoms. The average molecular weight is 352 g/mol. The van der Waals surface area contributed by atoms with Crippen LogP contribution in [0.3, 0.4) is 0 Å². The normalized spacial score (nSPS) is 14.8. The van der Waals surface area contributed by atoms with Crippen LogP contribution in [0.15, 0.2) is 54.9 Å². The molecule has 1 aromatic carbocycles. The molecule has 0 saturated carbocycles. The Balaban J connectivity index is 1.36. The van der Waals surface area contributed by atoms with Gasteiger partial charge in [-0.1, -0.05) is 30.3 Å². The molecule has 0 spiro atoms. The van der Waals surface area contributed by atoms with Crippen LogP contribution in [0.2, 0.25) is 0 Å². The second kappa shape index (κ2) is 9.13. The molecule has 136 valence electrons. The summed E-state index contributed by atoms with van der Waals surface area (Å²) >= 11 is 0. The second-order valence-electron chi connectivity index (χ2n) is 6.53. The van der Waals surface area contributed by atoms with Crippen LogP contribution in [0.5, 0.6) is 5.75 Å². The van der Waals surface area contributed by atoms with Gasteiger partial charge in [0.05, 0.1) is 6.20 Å². The largest absolute Gasteiger partial charge is 0.489 e. The van der Waals surface area contributed by atoms with Crippen molar-refractivity contribution in [1.29, 1.82) is 0 Å². The maximum Gasteiger partial charge on any atom is 0.222 e. The molecule has 0 atom stereocenters. The number of hydrogen-bond acceptors (Lipinski definition) is 4. The lowest BCUT2D eigenvalue weighted by molar-refractivity contribution is -0.133. The molecular formula is C21H24N2O3. The number of nitrogens with zero attached hydrogens (tertiary/aromatic N) is 2. The molecule has 1 fully saturated rings. The lowest BCUT2D eigenvalue weighted by Gasteiger charge is -2.32. The quantitative estimate of drug-likeness (QED) is 0.716. The lowest BCUT2D eigenvalue weighted by Crippen LogP contribution is -2.41. The molecule has 1 aliphatic rings. The molecule has 5 heteroatoms. The number of aromatic nitrogens is 1. The third-order valence-corrected chi connectivity index (χ3v) is 4.62. The molecular weight excluding hydrogens is 328 g/mol. The fourth-order valence-electron chi connectivity index (χ4n) is 3.16. The number of ether oxygens (including phenoxy) is 1. The highest BCUT2D eigenvalue weighted by atomic mass is 16.5. The van der Waals surface area contributed by atoms with Crippen LogP contribution in [-0.2, 0) is 4.79 Å². The minimum absolute atomic E-state index is 0.0991. The summed E-state index contributed by atoms with van der Waals surface area (Å²) in [6.45, 7) is 1.41. The summed E-state index contributed by atoms with van der Waals surface area (Å²) in [5.41, 5.74) is 0.716. The molecule has 0 unspecified atom stereocenters. The predicted octanol–water partition coefficient (Wildman–Crippen LogP) is 3.50. The summed E-state index contributed by atoms with van der Waals surface area (Å²) in [6, 6.07) is 13.0. The van der Waals surface area contributed by atoms with Gasteiger partial charge in [-0.2, -0.15) is 0 Å². The van der Waals surface area contributed by atoms with E-state index in [9.17, 15) is 9.59 Å². The van der Waals surface area contributed by atoms with Crippen molar-refractivity contribution in [3.63, 3.8) is 0 Å². The van der Waals surface area contributed by atoms with Gasteiger partial charge in [0.15, 0.2) is 5.78 Å². The van der Waals surface area contributed by atoms with E-state index in [1.165, 1.54) is 0 Å². The molecule has 1 amide bonds. The van der Waals surface area contributed by atoms with Gasteiger partial charge in [0, 0.05) is 50.5 Å². The molecule has 0 N–H and O–H groups in total. The van der Waals surface area contributed by atoms with Crippen molar-refractivity contribution in [3.8, 4) is 5.75 Å². The zero-order valence-electron chi connectivity index (χ0n) is 14.8. The second-order valence-corrected chi connectivity index (χ2v) is 6.53. The third-order valence-electron chi connectivity index (χ3n) is 4.62. The van der Waals surface area contributed by atoms with E-state index in [2.05, 4.69) is 4.98 Å². The Labute approximate surface area is 154 Å². The minimum Gasteiger partial charge on any atom is -0.489 e. The van der Waals surface area contributed by atoms with Gasteiger partial charge < -0.3 is 9.64 Å². The standard InChI is InChI=1S/C21H24N2O3/c24-20(17-6-2-1-3-7-17)9-4-10-21(25)23-14-11-18(12-15-23)26-19-8-5-13-22-16-19/h1-3,5-8,13,16,18H,4,9-12,14-15H2. The third kappa shape index (κ3) is 5.15. The van der Waals surface area contributed by atoms with Crippen LogP contribution in [0, 0.1) is 0 Å². The van der Waals surface area contributed by atoms with Crippen molar-refractivity contribution in [2.45, 2.75) is 38.2 Å². The molecule has 3 rings (SSSR count). The molecule has 0 bridgehead atoms. The molecule has 0 aliphatic carbocycles. The first-order chi connectivity index (χ1) is 12.7. The fraction of sp³-hybridized carbons (Fsp3) is 0.381. The van der Waals surface area contributed by atoms with Crippen molar-refractivity contribution in [1.82, 2.24) is 9.88 Å². The highest BCUT2D eigenvalue weighted by Crippen LogP contribution is 2.19. The highest BCUT2D eigenvalue weighted by Gasteiger charge is 2.23. The lowest BCUT2D eigenvalue weighted by atomic mass is 10.0. The Bertz CT molecular complexity index is 711. The summed E-state index contributed by atoms with van der Waals surface area (Å²) in [5.74, 6) is 1.00. The number of likely N-dealkylation sites (tertiary alicyclic amines) is 1. The first kappa shape index (κ1) is 18.1. The SMILES string of the molecule is O=C(CCCC(=O)N1CCC(Oc2cccnc2)CC1)c1ccccc1. The molecule has 5 nitrogen and oxygen atoms in total. The van der Waals surface area contributed by atoms with E-state index in [4.69, 9.17) is 4.74 Å². The first-order valence-electron chi connectivity index (χ1n) is 9.15. The van der Waals surface area contributed by atoms with E-state index in [1.807, 2.05) is 47.4 Å². The van der Waals surface area contributed by atoms with E-state index in [0.29, 0.717) is 37.9 Å². The Morgan fingerprint density at radius 1 is 1.04 bits per heavy atom. The predicted molar refractivity (Wildman–Crippen MR) is 99.1 cm³/mol. The summed E-state index contributed by atoms with van der Waals surface area (Å²) in [7, 11) is 0. The Hall–Kier alpha value is -2.69. The number of carbonyl (C=O) groups excluding carboxylic acids is 2. The van der Waals surface area contributed by atoms with Gasteiger partial charge in [-0.25, -0.2) is 0 Å². The fourth-order valence-corrected chi connectivity index (χ4v) is 3.16. The van der Waals surface area contributed by atoms with Gasteiger partial charge in [-0.3, -0.25) is 14.6 Å². The average Bonchev–Trinajstić information content (AvgIpc) is 2.70. The van der Waals surface area contributed by atoms with Crippen LogP contribution < -0.4 is 4.74 Å². The van der Waals surface area contributed by atoms with E-state index in [1.54, 1.807) is 12.4 Å². The smallest absolute Gasteiger partial charge is 0.222 e. The van der Waals surface area contributed by atoms with E-state index in [0.717, 1.165) is 18.6 Å². The molecule has 2 aromatic rings. The highest BCUT2D eigenvalue weighted by molar-refractivity contribution is 5.96. The Kier molecular flexibility index (Phi) is 6.36. The van der Waals surface area contributed by atoms with Crippen LogP contribution in [-0.4, -0.2) is 40.8 Å². The van der Waals surface area contributed by atoms with Gasteiger partial charge in [0.2, 0.25) is 5.91 Å². The van der Waals surface area contributed by atoms with Crippen LogP contribution >= 0.6 is 0 Å². The van der Waals surface area contributed by atoms with Gasteiger partial charge in [0.25, 0.3) is 0 Å². The molecule has 1 saturated heterocycles. The summed E-state index contributed by atoms with van der Waals surface area (Å²) < 4.78 is 5.90. The van der Waals surface area contributed by atoms with Crippen molar-refractivity contribution in [2.75, 3.05) is 13.1 Å². The summed E-state index contributed by atoms with van der Waals surface area (Å²) in [6.07, 6.45) is 6.63. The molecule has 2 heterocycles. The van der Waals surface area contributed by atoms with Gasteiger partial charge >= 0.3 is 0 Å². The van der Waals surface area contributed by atoms with Gasteiger partial charge in [0.1, 0.15) is 11.9 Å². The maximum atomic E-state index is 12.3. The summed E-state index contributed by atoms with van der Waals surface area (Å²) in [4.78, 5) is 30.3. The Morgan fingerprint density at radius 2 is 1.81 bits per heavy atom. The van der Waals surface area contributed by atoms with Crippen molar-refractivity contribution < 1.29 is 14.3 Å². The van der Waals surface area contributed by atoms with Gasteiger partial charge in [-0.05, 0) is 18.6 Å². The summed E-state index contributed by atoms with van der Waals surface area (Å²) in [5, 5.41) is 0. The van der Waals surface area contributed by atoms with E-state index >= 15 is 0 Å². The minimum atomic E-state index is 0.0991. The zero-order valence-corrected chi connectivity index (χ0v) is 14.8. The van der Waals surface area contributed by atoms with Gasteiger partial charge in [-0.15, -0.1) is 0 Å². The zero-order chi connectivity index (χ0) is 18.2. The van der Waals surface area contributed by atoms with Crippen molar-refractivity contribution in [2.24, 2.45) is 0 Å². The number of rotatable bonds is 7. The number of pyridine rings is 1. The van der Waals surface area contributed by atoms with Crippen LogP contribution in [0.4, 0.5) is 0 Å². The number of hydrogen-bond donors (Lipinski definition) is 0. The number of ketones is 1. The van der Waals surface area contributed by atoms with E-state index < -0.39 is 0 Å². The number of Topliss-reactive ketones (excluding diaryl/α,β-unsaturated/α-hetero) is 1. The monoisotopic (exact) mass is 352 g/mol. The van der Waals surface area contributed by atoms with Crippen LogP contribution in [0.1, 0.15) is 42.5 Å². The number of carbonyl (C=O) groups is 2. The number of amides is 1. The van der Waals surface area contributed by atoms with Crippen molar-refractivity contribution in [3.05, 3.63) is 60.4 Å². The molecule has 1 aromatic heterocycles. The van der Waals surface area contributed by atoms with Crippen molar-refractivity contribution >= 4 is 11.7 Å². The number of benzene rings is 1. The topological polar surface area (TPSA) is 59.5 Å². The first-order valence-corrected chi connectivity index (χ1v) is 9.15. The van der Waals surface area contributed by atoms with E-state index in [-0.39, 0.29) is 17.8 Å². The Morgan fingerprint density at radius 3 is 2.50 bits per heavy atom. The van der Waals surface area contributed by atoms with Crippen LogP contribution in [0.25, 0.3) is 0 Å². The number of piperidine rings is 1. The molecule has 1 aliphatic heterocycles. The molecule has 0 radical (unpaired) electrons. The maximum absolute atomic E-state index is 12.3.